The molecule has 18 heavy (non-hydrogen) atoms. The predicted octanol–water partition coefficient (Wildman–Crippen LogP) is 2.11. The van der Waals surface area contributed by atoms with Crippen molar-refractivity contribution in [1.29, 1.82) is 0 Å². The number of aryl methyl sites for hydroxylation is 1. The van der Waals surface area contributed by atoms with E-state index in [9.17, 15) is 4.79 Å². The molecule has 1 aliphatic rings. The van der Waals surface area contributed by atoms with E-state index >= 15 is 0 Å². The lowest BCUT2D eigenvalue weighted by molar-refractivity contribution is 0.757. The molecule has 0 unspecified atom stereocenters. The third-order valence-electron chi connectivity index (χ3n) is 3.14. The van der Waals surface area contributed by atoms with E-state index in [0.29, 0.717) is 18.9 Å². The number of nitrogens with zero attached hydrogens (tertiary/aromatic N) is 1. The summed E-state index contributed by atoms with van der Waals surface area (Å²) in [6.45, 7) is 3.30. The van der Waals surface area contributed by atoms with E-state index in [4.69, 9.17) is 0 Å². The molecule has 0 bridgehead atoms. The van der Waals surface area contributed by atoms with Crippen LogP contribution in [0.4, 0.5) is 0 Å². The second-order valence-corrected chi connectivity index (χ2v) is 5.26. The summed E-state index contributed by atoms with van der Waals surface area (Å²) in [6, 6.07) is 5.94. The predicted molar refractivity (Wildman–Crippen MR) is 73.3 cm³/mol. The molecule has 3 rings (SSSR count). The monoisotopic (exact) mass is 305 g/mol. The van der Waals surface area contributed by atoms with Crippen LogP contribution in [0.1, 0.15) is 16.8 Å². The van der Waals surface area contributed by atoms with Crippen LogP contribution in [0.3, 0.4) is 0 Å². The fourth-order valence-corrected chi connectivity index (χ4v) is 2.43. The molecule has 0 atom stereocenters. The van der Waals surface area contributed by atoms with Gasteiger partial charge < -0.3 is 10.3 Å². The van der Waals surface area contributed by atoms with E-state index in [2.05, 4.69) is 31.2 Å². The minimum Gasteiger partial charge on any atom is -0.307 e. The summed E-state index contributed by atoms with van der Waals surface area (Å²) < 4.78 is 1.02. The van der Waals surface area contributed by atoms with E-state index in [1.807, 2.05) is 25.1 Å². The number of benzene rings is 1. The smallest absolute Gasteiger partial charge is 0.255 e. The number of rotatable bonds is 1. The van der Waals surface area contributed by atoms with Crippen LogP contribution in [0, 0.1) is 6.92 Å². The normalized spacial score (nSPS) is 13.7. The van der Waals surface area contributed by atoms with Crippen LogP contribution >= 0.6 is 15.9 Å². The van der Waals surface area contributed by atoms with Crippen molar-refractivity contribution in [2.24, 2.45) is 0 Å². The van der Waals surface area contributed by atoms with Crippen LogP contribution in [-0.2, 0) is 13.1 Å². The highest BCUT2D eigenvalue weighted by Gasteiger charge is 2.17. The van der Waals surface area contributed by atoms with Crippen LogP contribution in [0.25, 0.3) is 11.4 Å². The van der Waals surface area contributed by atoms with Crippen LogP contribution in [-0.4, -0.2) is 9.97 Å². The number of halogens is 1. The van der Waals surface area contributed by atoms with Crippen LogP contribution in [0.15, 0.2) is 27.5 Å². The molecular weight excluding hydrogens is 294 g/mol. The molecule has 1 aromatic heterocycles. The van der Waals surface area contributed by atoms with Crippen LogP contribution < -0.4 is 10.9 Å². The molecule has 0 spiro atoms. The Bertz CT molecular complexity index is 678. The van der Waals surface area contributed by atoms with Crippen LogP contribution in [0.2, 0.25) is 0 Å². The first kappa shape index (κ1) is 11.6. The lowest BCUT2D eigenvalue weighted by Crippen LogP contribution is -2.15. The van der Waals surface area contributed by atoms with Crippen molar-refractivity contribution >= 4 is 15.9 Å². The van der Waals surface area contributed by atoms with E-state index in [-0.39, 0.29) is 5.56 Å². The Morgan fingerprint density at radius 2 is 2.17 bits per heavy atom. The third kappa shape index (κ3) is 1.89. The minimum absolute atomic E-state index is 0.0447. The molecule has 92 valence electrons. The Balaban J connectivity index is 2.15. The molecule has 0 fully saturated rings. The summed E-state index contributed by atoms with van der Waals surface area (Å²) in [4.78, 5) is 19.3. The van der Waals surface area contributed by atoms with Crippen molar-refractivity contribution < 1.29 is 0 Å². The van der Waals surface area contributed by atoms with E-state index in [1.54, 1.807) is 0 Å². The second-order valence-electron chi connectivity index (χ2n) is 4.41. The number of H-pyrrole nitrogens is 1. The maximum atomic E-state index is 11.9. The highest BCUT2D eigenvalue weighted by molar-refractivity contribution is 9.10. The van der Waals surface area contributed by atoms with Crippen LogP contribution in [0.5, 0.6) is 0 Å². The van der Waals surface area contributed by atoms with Crippen molar-refractivity contribution in [3.05, 3.63) is 49.8 Å². The third-order valence-corrected chi connectivity index (χ3v) is 3.99. The van der Waals surface area contributed by atoms with Gasteiger partial charge >= 0.3 is 0 Å². The van der Waals surface area contributed by atoms with Gasteiger partial charge in [0, 0.05) is 23.1 Å². The Morgan fingerprint density at radius 3 is 2.94 bits per heavy atom. The highest BCUT2D eigenvalue weighted by Crippen LogP contribution is 2.23. The Labute approximate surface area is 113 Å². The van der Waals surface area contributed by atoms with Gasteiger partial charge in [0.1, 0.15) is 5.82 Å². The number of nitrogens with one attached hydrogen (secondary N) is 2. The molecule has 2 heterocycles. The van der Waals surface area contributed by atoms with Crippen molar-refractivity contribution in [3.63, 3.8) is 0 Å². The zero-order chi connectivity index (χ0) is 12.7. The molecule has 1 aromatic carbocycles. The average Bonchev–Trinajstić information content (AvgIpc) is 2.81. The quantitative estimate of drug-likeness (QED) is 0.848. The molecule has 0 amide bonds. The first-order valence-corrected chi connectivity index (χ1v) is 6.54. The maximum absolute atomic E-state index is 11.9. The number of fused-ring (bicyclic) bond motifs is 1. The topological polar surface area (TPSA) is 57.8 Å². The molecule has 5 heteroatoms. The summed E-state index contributed by atoms with van der Waals surface area (Å²) in [5.41, 5.74) is 3.63. The number of aromatic amines is 1. The fraction of sp³-hybridized carbons (Fsp3) is 0.231. The summed E-state index contributed by atoms with van der Waals surface area (Å²) in [5, 5.41) is 3.14. The molecule has 1 aliphatic heterocycles. The maximum Gasteiger partial charge on any atom is 0.255 e. The van der Waals surface area contributed by atoms with Gasteiger partial charge in [-0.05, 0) is 18.6 Å². The number of aromatic nitrogens is 2. The van der Waals surface area contributed by atoms with Gasteiger partial charge in [-0.2, -0.15) is 0 Å². The van der Waals surface area contributed by atoms with Crippen molar-refractivity contribution in [2.45, 2.75) is 20.0 Å². The molecular formula is C13H12BrN3O. The molecule has 4 nitrogen and oxygen atoms in total. The lowest BCUT2D eigenvalue weighted by Gasteiger charge is -2.05. The van der Waals surface area contributed by atoms with Crippen molar-refractivity contribution in [3.8, 4) is 11.4 Å². The molecule has 2 N–H and O–H groups in total. The van der Waals surface area contributed by atoms with Crippen molar-refractivity contribution in [2.75, 3.05) is 0 Å². The summed E-state index contributed by atoms with van der Waals surface area (Å²) in [5.74, 6) is 0.628. The standard InChI is InChI=1S/C13H12BrN3O/c1-7-2-3-8(4-10(7)14)12-16-11-6-15-5-9(11)13(18)17-12/h2-4,15H,5-6H2,1H3,(H,16,17,18). The van der Waals surface area contributed by atoms with Gasteiger partial charge in [-0.15, -0.1) is 0 Å². The fourth-order valence-electron chi connectivity index (χ4n) is 2.06. The van der Waals surface area contributed by atoms with Gasteiger partial charge in [0.15, 0.2) is 0 Å². The van der Waals surface area contributed by atoms with Crippen molar-refractivity contribution in [1.82, 2.24) is 15.3 Å². The average molecular weight is 306 g/mol. The lowest BCUT2D eigenvalue weighted by atomic mass is 10.1. The largest absolute Gasteiger partial charge is 0.307 e. The number of hydrogen-bond acceptors (Lipinski definition) is 3. The zero-order valence-electron chi connectivity index (χ0n) is 9.88. The SMILES string of the molecule is Cc1ccc(-c2nc3c(c(=O)[nH]2)CNC3)cc1Br. The Kier molecular flexibility index (Phi) is 2.80. The van der Waals surface area contributed by atoms with Gasteiger partial charge in [0.05, 0.1) is 11.3 Å². The van der Waals surface area contributed by atoms with Gasteiger partial charge in [-0.25, -0.2) is 4.98 Å². The number of hydrogen-bond donors (Lipinski definition) is 2. The summed E-state index contributed by atoms with van der Waals surface area (Å²) >= 11 is 3.49. The Hall–Kier alpha value is -1.46. The summed E-state index contributed by atoms with van der Waals surface area (Å²) in [7, 11) is 0. The molecule has 0 saturated heterocycles. The van der Waals surface area contributed by atoms with Gasteiger partial charge in [-0.3, -0.25) is 4.79 Å². The molecule has 0 aliphatic carbocycles. The Morgan fingerprint density at radius 1 is 1.33 bits per heavy atom. The van der Waals surface area contributed by atoms with Gasteiger partial charge in [0.2, 0.25) is 0 Å². The van der Waals surface area contributed by atoms with Gasteiger partial charge in [0.25, 0.3) is 5.56 Å². The van der Waals surface area contributed by atoms with E-state index < -0.39 is 0 Å². The minimum atomic E-state index is -0.0447. The van der Waals surface area contributed by atoms with E-state index in [1.165, 1.54) is 0 Å². The summed E-state index contributed by atoms with van der Waals surface area (Å²) in [6.07, 6.45) is 0. The molecule has 2 aromatic rings. The molecule has 0 radical (unpaired) electrons. The first-order chi connectivity index (χ1) is 8.65. The second kappa shape index (κ2) is 4.33. The molecule has 0 saturated carbocycles. The van der Waals surface area contributed by atoms with E-state index in [0.717, 1.165) is 26.9 Å². The van der Waals surface area contributed by atoms with Gasteiger partial charge in [-0.1, -0.05) is 28.1 Å². The highest BCUT2D eigenvalue weighted by atomic mass is 79.9. The first-order valence-electron chi connectivity index (χ1n) is 5.74. The zero-order valence-corrected chi connectivity index (χ0v) is 11.5.